The lowest BCUT2D eigenvalue weighted by atomic mass is 10.00. The molecule has 0 spiro atoms. The largest absolute Gasteiger partial charge is 0.488 e. The molecule has 3 aromatic rings. The highest BCUT2D eigenvalue weighted by molar-refractivity contribution is 7.80. The molecule has 32 heavy (non-hydrogen) atoms. The van der Waals surface area contributed by atoms with Crippen LogP contribution in [0.15, 0.2) is 78.9 Å². The van der Waals surface area contributed by atoms with Crippen molar-refractivity contribution in [2.75, 3.05) is 6.54 Å². The summed E-state index contributed by atoms with van der Waals surface area (Å²) in [6, 6.07) is 17.3. The summed E-state index contributed by atoms with van der Waals surface area (Å²) < 4.78 is 19.2. The monoisotopic (exact) mass is 446 g/mol. The van der Waals surface area contributed by atoms with E-state index in [0.29, 0.717) is 11.3 Å². The Morgan fingerprint density at radius 1 is 1.06 bits per heavy atom. The fourth-order valence-electron chi connectivity index (χ4n) is 3.43. The van der Waals surface area contributed by atoms with Crippen molar-refractivity contribution in [1.82, 2.24) is 10.2 Å². The minimum atomic E-state index is -0.572. The molecule has 1 saturated heterocycles. The molecule has 0 atom stereocenters. The Balaban J connectivity index is 1.77. The van der Waals surface area contributed by atoms with Crippen LogP contribution in [0.5, 0.6) is 5.75 Å². The van der Waals surface area contributed by atoms with Crippen LogP contribution in [0.4, 0.5) is 4.39 Å². The highest BCUT2D eigenvalue weighted by Gasteiger charge is 2.33. The molecule has 0 radical (unpaired) electrons. The van der Waals surface area contributed by atoms with Gasteiger partial charge in [-0.05, 0) is 52.8 Å². The number of carbonyl (C=O) groups is 2. The van der Waals surface area contributed by atoms with Gasteiger partial charge in [0.2, 0.25) is 0 Å². The Hall–Kier alpha value is -3.84. The third kappa shape index (κ3) is 4.29. The molecule has 4 rings (SSSR count). The molecule has 7 heteroatoms. The number of halogens is 1. The first-order valence-electron chi connectivity index (χ1n) is 9.86. The number of benzene rings is 3. The zero-order valence-corrected chi connectivity index (χ0v) is 17.8. The molecular weight excluding hydrogens is 427 g/mol. The molecule has 0 saturated carbocycles. The van der Waals surface area contributed by atoms with Crippen LogP contribution >= 0.6 is 12.2 Å². The van der Waals surface area contributed by atoms with Crippen molar-refractivity contribution in [1.29, 1.82) is 0 Å². The summed E-state index contributed by atoms with van der Waals surface area (Å²) >= 11 is 5.12. The third-order valence-corrected chi connectivity index (χ3v) is 5.35. The minimum absolute atomic E-state index is 0.0442. The van der Waals surface area contributed by atoms with Crippen LogP contribution in [-0.2, 0) is 16.2 Å². The lowest BCUT2D eigenvalue weighted by molar-refractivity contribution is -0.128. The van der Waals surface area contributed by atoms with Crippen LogP contribution in [0.25, 0.3) is 16.8 Å². The minimum Gasteiger partial charge on any atom is -0.488 e. The second kappa shape index (κ2) is 9.11. The van der Waals surface area contributed by atoms with Gasteiger partial charge in [0, 0.05) is 12.1 Å². The molecule has 5 nitrogen and oxygen atoms in total. The highest BCUT2D eigenvalue weighted by atomic mass is 32.1. The zero-order valence-electron chi connectivity index (χ0n) is 17.0. The van der Waals surface area contributed by atoms with Crippen molar-refractivity contribution in [3.63, 3.8) is 0 Å². The number of amides is 2. The van der Waals surface area contributed by atoms with Crippen molar-refractivity contribution < 1.29 is 18.7 Å². The van der Waals surface area contributed by atoms with E-state index in [4.69, 9.17) is 17.0 Å². The number of thiocarbonyl (C=S) groups is 1. The van der Waals surface area contributed by atoms with Gasteiger partial charge >= 0.3 is 0 Å². The number of rotatable bonds is 6. The summed E-state index contributed by atoms with van der Waals surface area (Å²) in [7, 11) is 0. The Labute approximate surface area is 189 Å². The molecule has 1 aliphatic heterocycles. The van der Waals surface area contributed by atoms with Crippen LogP contribution in [0.2, 0.25) is 0 Å². The molecule has 0 aliphatic carbocycles. The maximum atomic E-state index is 13.2. The first-order chi connectivity index (χ1) is 15.5. The number of ether oxygens (including phenoxy) is 1. The van der Waals surface area contributed by atoms with Crippen LogP contribution in [0.3, 0.4) is 0 Å². The number of hydrogen-bond donors (Lipinski definition) is 1. The van der Waals surface area contributed by atoms with E-state index in [1.165, 1.54) is 29.2 Å². The topological polar surface area (TPSA) is 58.6 Å². The fourth-order valence-corrected chi connectivity index (χ4v) is 3.68. The number of carbonyl (C=O) groups excluding carboxylic acids is 2. The number of fused-ring (bicyclic) bond motifs is 1. The predicted octanol–water partition coefficient (Wildman–Crippen LogP) is 4.37. The lowest BCUT2D eigenvalue weighted by Crippen LogP contribution is -2.53. The third-order valence-electron chi connectivity index (χ3n) is 5.02. The average molecular weight is 447 g/mol. The maximum Gasteiger partial charge on any atom is 0.265 e. The van der Waals surface area contributed by atoms with Crippen LogP contribution in [-0.4, -0.2) is 28.4 Å². The van der Waals surface area contributed by atoms with Gasteiger partial charge in [-0.2, -0.15) is 0 Å². The molecular formula is C25H19FN2O3S. The van der Waals surface area contributed by atoms with Gasteiger partial charge in [0.05, 0.1) is 0 Å². The molecule has 1 heterocycles. The smallest absolute Gasteiger partial charge is 0.265 e. The Morgan fingerprint density at radius 3 is 2.56 bits per heavy atom. The standard InChI is InChI=1S/C25H19FN2O3S/c1-2-13-28-24(30)21(23(29)27-25(28)32)14-20-19-6-4-3-5-17(19)9-12-22(20)31-15-16-7-10-18(26)11-8-16/h2-12,14H,1,13,15H2,(H,27,29,32)/b21-14+. The van der Waals surface area contributed by atoms with E-state index >= 15 is 0 Å². The quantitative estimate of drug-likeness (QED) is 0.264. The van der Waals surface area contributed by atoms with Gasteiger partial charge in [-0.25, -0.2) is 4.39 Å². The van der Waals surface area contributed by atoms with Gasteiger partial charge in [-0.15, -0.1) is 6.58 Å². The first kappa shape index (κ1) is 21.4. The maximum absolute atomic E-state index is 13.2. The van der Waals surface area contributed by atoms with Crippen molar-refractivity contribution in [2.45, 2.75) is 6.61 Å². The van der Waals surface area contributed by atoms with Gasteiger partial charge in [-0.1, -0.05) is 48.5 Å². The predicted molar refractivity (Wildman–Crippen MR) is 125 cm³/mol. The summed E-state index contributed by atoms with van der Waals surface area (Å²) in [4.78, 5) is 26.9. The van der Waals surface area contributed by atoms with E-state index in [-0.39, 0.29) is 29.7 Å². The summed E-state index contributed by atoms with van der Waals surface area (Å²) in [6.45, 7) is 4.01. The van der Waals surface area contributed by atoms with E-state index in [2.05, 4.69) is 11.9 Å². The molecule has 3 aromatic carbocycles. The van der Waals surface area contributed by atoms with E-state index < -0.39 is 11.8 Å². The number of hydrogen-bond acceptors (Lipinski definition) is 4. The highest BCUT2D eigenvalue weighted by Crippen LogP contribution is 2.31. The second-order valence-electron chi connectivity index (χ2n) is 7.14. The first-order valence-corrected chi connectivity index (χ1v) is 10.3. The van der Waals surface area contributed by atoms with Crippen molar-refractivity contribution in [2.24, 2.45) is 0 Å². The van der Waals surface area contributed by atoms with E-state index in [0.717, 1.165) is 16.3 Å². The van der Waals surface area contributed by atoms with Gasteiger partial charge in [0.25, 0.3) is 11.8 Å². The van der Waals surface area contributed by atoms with Crippen molar-refractivity contribution in [3.8, 4) is 5.75 Å². The molecule has 0 bridgehead atoms. The fraction of sp³-hybridized carbons (Fsp3) is 0.0800. The molecule has 0 unspecified atom stereocenters. The average Bonchev–Trinajstić information content (AvgIpc) is 2.79. The van der Waals surface area contributed by atoms with Gasteiger partial charge < -0.3 is 4.74 Å². The van der Waals surface area contributed by atoms with Gasteiger partial charge in [0.1, 0.15) is 23.7 Å². The van der Waals surface area contributed by atoms with Crippen LogP contribution in [0.1, 0.15) is 11.1 Å². The van der Waals surface area contributed by atoms with Crippen molar-refractivity contribution >= 4 is 46.0 Å². The number of nitrogens with zero attached hydrogens (tertiary/aromatic N) is 1. The second-order valence-corrected chi connectivity index (χ2v) is 7.52. The summed E-state index contributed by atoms with van der Waals surface area (Å²) in [6.07, 6.45) is 3.06. The molecule has 160 valence electrons. The van der Waals surface area contributed by atoms with Crippen molar-refractivity contribution in [3.05, 3.63) is 95.8 Å². The molecule has 2 amide bonds. The van der Waals surface area contributed by atoms with E-state index in [9.17, 15) is 14.0 Å². The van der Waals surface area contributed by atoms with E-state index in [1.807, 2.05) is 30.3 Å². The molecule has 1 fully saturated rings. The van der Waals surface area contributed by atoms with E-state index in [1.54, 1.807) is 18.2 Å². The summed E-state index contributed by atoms with van der Waals surface area (Å²) in [5.74, 6) is -0.910. The Bertz CT molecular complexity index is 1270. The summed E-state index contributed by atoms with van der Waals surface area (Å²) in [5.41, 5.74) is 1.32. The number of nitrogens with one attached hydrogen (secondary N) is 1. The zero-order chi connectivity index (χ0) is 22.7. The van der Waals surface area contributed by atoms with Gasteiger partial charge in [0.15, 0.2) is 5.11 Å². The van der Waals surface area contributed by atoms with Crippen LogP contribution < -0.4 is 10.1 Å². The Morgan fingerprint density at radius 2 is 1.81 bits per heavy atom. The Kier molecular flexibility index (Phi) is 6.09. The normalized spacial score (nSPS) is 15.2. The SMILES string of the molecule is C=CCN1C(=O)/C(=C/c2c(OCc3ccc(F)cc3)ccc3ccccc23)C(=O)NC1=S. The summed E-state index contributed by atoms with van der Waals surface area (Å²) in [5, 5.41) is 4.34. The molecule has 0 aromatic heterocycles. The van der Waals surface area contributed by atoms with Crippen LogP contribution in [0, 0.1) is 5.82 Å². The molecule has 1 aliphatic rings. The molecule has 1 N–H and O–H groups in total. The lowest BCUT2D eigenvalue weighted by Gasteiger charge is -2.28. The van der Waals surface area contributed by atoms with Gasteiger partial charge in [-0.3, -0.25) is 19.8 Å².